The molecule has 0 saturated carbocycles. The lowest BCUT2D eigenvalue weighted by molar-refractivity contribution is -0.147. The summed E-state index contributed by atoms with van der Waals surface area (Å²) in [5.41, 5.74) is 0.433. The van der Waals surface area contributed by atoms with Gasteiger partial charge >= 0.3 is 6.18 Å². The molecule has 0 bridgehead atoms. The summed E-state index contributed by atoms with van der Waals surface area (Å²) in [6.45, 7) is -0.0539. The zero-order chi connectivity index (χ0) is 19.7. The lowest BCUT2D eigenvalue weighted by Gasteiger charge is -2.12. The third-order valence-corrected chi connectivity index (χ3v) is 4.94. The number of imidazole rings is 1. The third kappa shape index (κ3) is 3.63. The van der Waals surface area contributed by atoms with Crippen LogP contribution in [0.1, 0.15) is 10.7 Å². The fourth-order valence-corrected chi connectivity index (χ4v) is 3.58. The maximum absolute atomic E-state index is 13.4. The summed E-state index contributed by atoms with van der Waals surface area (Å²) in [6.07, 6.45) is -3.14. The molecular formula is C18H14F3N5OS. The van der Waals surface area contributed by atoms with Gasteiger partial charge in [0, 0.05) is 10.9 Å². The number of para-hydroxylation sites is 2. The van der Waals surface area contributed by atoms with Gasteiger partial charge in [-0.15, -0.1) is 11.3 Å². The van der Waals surface area contributed by atoms with Gasteiger partial charge in [-0.2, -0.15) is 18.3 Å². The maximum atomic E-state index is 13.4. The molecule has 0 fully saturated rings. The van der Waals surface area contributed by atoms with Crippen molar-refractivity contribution in [2.45, 2.75) is 19.3 Å². The zero-order valence-corrected chi connectivity index (χ0v) is 15.2. The second kappa shape index (κ2) is 7.12. The third-order valence-electron chi connectivity index (χ3n) is 4.08. The first kappa shape index (κ1) is 18.2. The van der Waals surface area contributed by atoms with Crippen molar-refractivity contribution in [2.24, 2.45) is 0 Å². The van der Waals surface area contributed by atoms with Gasteiger partial charge in [0.05, 0.1) is 23.8 Å². The number of alkyl halides is 3. The molecule has 3 aromatic heterocycles. The molecule has 0 aliphatic heterocycles. The average Bonchev–Trinajstić information content (AvgIpc) is 3.37. The predicted octanol–water partition coefficient (Wildman–Crippen LogP) is 4.00. The van der Waals surface area contributed by atoms with E-state index < -0.39 is 24.5 Å². The summed E-state index contributed by atoms with van der Waals surface area (Å²) >= 11 is 1.55. The SMILES string of the molecule is O=C(Cn1c(C(F)(F)F)nc2ccccc21)Nc1ccnn1Cc1cccs1. The van der Waals surface area contributed by atoms with Crippen LogP contribution in [0.3, 0.4) is 0 Å². The van der Waals surface area contributed by atoms with E-state index in [-0.39, 0.29) is 11.0 Å². The van der Waals surface area contributed by atoms with Gasteiger partial charge in [0.25, 0.3) is 0 Å². The molecule has 6 nitrogen and oxygen atoms in total. The van der Waals surface area contributed by atoms with Gasteiger partial charge in [0.1, 0.15) is 12.4 Å². The van der Waals surface area contributed by atoms with Crippen molar-refractivity contribution in [3.05, 3.63) is 64.7 Å². The van der Waals surface area contributed by atoms with Crippen molar-refractivity contribution < 1.29 is 18.0 Å². The van der Waals surface area contributed by atoms with Gasteiger partial charge in [-0.1, -0.05) is 18.2 Å². The summed E-state index contributed by atoms with van der Waals surface area (Å²) in [7, 11) is 0. The van der Waals surface area contributed by atoms with Gasteiger partial charge in [0.2, 0.25) is 11.7 Å². The van der Waals surface area contributed by atoms with Crippen molar-refractivity contribution in [2.75, 3.05) is 5.32 Å². The molecule has 0 saturated heterocycles. The number of hydrogen-bond acceptors (Lipinski definition) is 4. The smallest absolute Gasteiger partial charge is 0.311 e. The second-order valence-corrected chi connectivity index (χ2v) is 7.04. The van der Waals surface area contributed by atoms with E-state index in [1.165, 1.54) is 18.3 Å². The molecule has 4 rings (SSSR count). The van der Waals surface area contributed by atoms with Crippen molar-refractivity contribution in [3.8, 4) is 0 Å². The Morgan fingerprint density at radius 2 is 1.96 bits per heavy atom. The van der Waals surface area contributed by atoms with Gasteiger partial charge in [-0.3, -0.25) is 4.79 Å². The van der Waals surface area contributed by atoms with E-state index >= 15 is 0 Å². The van der Waals surface area contributed by atoms with E-state index in [2.05, 4.69) is 15.4 Å². The van der Waals surface area contributed by atoms with Crippen molar-refractivity contribution >= 4 is 34.1 Å². The highest BCUT2D eigenvalue weighted by molar-refractivity contribution is 7.09. The van der Waals surface area contributed by atoms with Crippen LogP contribution in [0.4, 0.5) is 19.0 Å². The van der Waals surface area contributed by atoms with Crippen LogP contribution in [0.2, 0.25) is 0 Å². The van der Waals surface area contributed by atoms with Crippen molar-refractivity contribution in [1.82, 2.24) is 19.3 Å². The number of thiophene rings is 1. The van der Waals surface area contributed by atoms with Gasteiger partial charge in [0.15, 0.2) is 0 Å². The number of aromatic nitrogens is 4. The number of carbonyl (C=O) groups excluding carboxylic acids is 1. The van der Waals surface area contributed by atoms with Gasteiger partial charge < -0.3 is 9.88 Å². The van der Waals surface area contributed by atoms with Crippen LogP contribution >= 0.6 is 11.3 Å². The van der Waals surface area contributed by atoms with E-state index in [4.69, 9.17) is 0 Å². The van der Waals surface area contributed by atoms with Crippen LogP contribution in [0.5, 0.6) is 0 Å². The Balaban J connectivity index is 1.58. The number of benzene rings is 1. The Bertz CT molecular complexity index is 1110. The summed E-state index contributed by atoms with van der Waals surface area (Å²) in [5, 5.41) is 8.72. The Kier molecular flexibility index (Phi) is 4.63. The molecule has 10 heteroatoms. The van der Waals surface area contributed by atoms with Crippen LogP contribution in [0.15, 0.2) is 54.0 Å². The fourth-order valence-electron chi connectivity index (χ4n) is 2.89. The number of amides is 1. The topological polar surface area (TPSA) is 64.7 Å². The number of hydrogen-bond donors (Lipinski definition) is 1. The summed E-state index contributed by atoms with van der Waals surface area (Å²) in [6, 6.07) is 11.6. The van der Waals surface area contributed by atoms with Crippen LogP contribution < -0.4 is 5.32 Å². The number of nitrogens with one attached hydrogen (secondary N) is 1. The number of anilines is 1. The first-order valence-electron chi connectivity index (χ1n) is 8.28. The first-order chi connectivity index (χ1) is 13.4. The Hall–Kier alpha value is -3.14. The maximum Gasteiger partial charge on any atom is 0.449 e. The number of carbonyl (C=O) groups is 1. The molecule has 0 unspecified atom stereocenters. The van der Waals surface area contributed by atoms with E-state index in [0.717, 1.165) is 9.44 Å². The Morgan fingerprint density at radius 3 is 2.71 bits per heavy atom. The fraction of sp³-hybridized carbons (Fsp3) is 0.167. The minimum atomic E-state index is -4.67. The quantitative estimate of drug-likeness (QED) is 0.546. The number of halogens is 3. The number of fused-ring (bicyclic) bond motifs is 1. The molecule has 28 heavy (non-hydrogen) atoms. The van der Waals surface area contributed by atoms with E-state index in [1.54, 1.807) is 34.2 Å². The minimum absolute atomic E-state index is 0.186. The molecule has 1 aromatic carbocycles. The minimum Gasteiger partial charge on any atom is -0.311 e. The lowest BCUT2D eigenvalue weighted by Crippen LogP contribution is -2.24. The molecular weight excluding hydrogens is 391 g/mol. The highest BCUT2D eigenvalue weighted by Crippen LogP contribution is 2.31. The summed E-state index contributed by atoms with van der Waals surface area (Å²) in [5.74, 6) is -1.28. The van der Waals surface area contributed by atoms with Crippen LogP contribution in [-0.2, 0) is 24.1 Å². The molecule has 4 aromatic rings. The molecule has 0 radical (unpaired) electrons. The molecule has 1 N–H and O–H groups in total. The van der Waals surface area contributed by atoms with Crippen LogP contribution in [-0.4, -0.2) is 25.2 Å². The highest BCUT2D eigenvalue weighted by Gasteiger charge is 2.38. The summed E-state index contributed by atoms with van der Waals surface area (Å²) < 4.78 is 42.5. The predicted molar refractivity (Wildman–Crippen MR) is 99.0 cm³/mol. The molecule has 0 aliphatic carbocycles. The molecule has 0 spiro atoms. The summed E-state index contributed by atoms with van der Waals surface area (Å²) in [4.78, 5) is 17.2. The monoisotopic (exact) mass is 405 g/mol. The number of nitrogens with zero attached hydrogens (tertiary/aromatic N) is 4. The van der Waals surface area contributed by atoms with E-state index in [1.807, 2.05) is 17.5 Å². The highest BCUT2D eigenvalue weighted by atomic mass is 32.1. The molecule has 3 heterocycles. The van der Waals surface area contributed by atoms with Crippen molar-refractivity contribution in [1.29, 1.82) is 0 Å². The average molecular weight is 405 g/mol. The largest absolute Gasteiger partial charge is 0.449 e. The van der Waals surface area contributed by atoms with Gasteiger partial charge in [-0.05, 0) is 23.6 Å². The number of rotatable bonds is 5. The van der Waals surface area contributed by atoms with Crippen molar-refractivity contribution in [3.63, 3.8) is 0 Å². The first-order valence-corrected chi connectivity index (χ1v) is 9.16. The standard InChI is InChI=1S/C18H14F3N5OS/c19-18(20,21)17-23-13-5-1-2-6-14(13)25(17)11-16(27)24-15-7-8-22-26(15)10-12-4-3-9-28-12/h1-9H,10-11H2,(H,24,27). The normalized spacial score (nSPS) is 11.8. The van der Waals surface area contributed by atoms with Crippen LogP contribution in [0.25, 0.3) is 11.0 Å². The molecule has 0 atom stereocenters. The Labute approximate surface area is 161 Å². The Morgan fingerprint density at radius 1 is 1.14 bits per heavy atom. The lowest BCUT2D eigenvalue weighted by atomic mass is 10.3. The van der Waals surface area contributed by atoms with Gasteiger partial charge in [-0.25, -0.2) is 9.67 Å². The zero-order valence-electron chi connectivity index (χ0n) is 14.3. The molecule has 1 amide bonds. The van der Waals surface area contributed by atoms with E-state index in [0.29, 0.717) is 12.4 Å². The second-order valence-electron chi connectivity index (χ2n) is 6.01. The van der Waals surface area contributed by atoms with Crippen LogP contribution in [0, 0.1) is 0 Å². The van der Waals surface area contributed by atoms with E-state index in [9.17, 15) is 18.0 Å². The molecule has 0 aliphatic rings. The molecule has 144 valence electrons.